The van der Waals surface area contributed by atoms with Gasteiger partial charge >= 0.3 is 19.8 Å². The molecule has 0 amide bonds. The zero-order chi connectivity index (χ0) is 67.6. The van der Waals surface area contributed by atoms with Gasteiger partial charge in [0.2, 0.25) is 0 Å². The Kier molecular flexibility index (Phi) is 73.0. The number of hydrogen-bond donors (Lipinski definition) is 1. The number of esters is 2. The molecule has 0 fully saturated rings. The third kappa shape index (κ3) is 79.1. The van der Waals surface area contributed by atoms with Crippen LogP contribution in [0.2, 0.25) is 0 Å². The topological polar surface area (TPSA) is 108 Å². The fraction of sp³-hybridized carbons (Fsp3) is 0.904. The van der Waals surface area contributed by atoms with Crippen molar-refractivity contribution in [2.45, 2.75) is 437 Å². The summed E-state index contributed by atoms with van der Waals surface area (Å²) in [6.07, 6.45) is 97.4. The Morgan fingerprint density at radius 2 is 0.581 bits per heavy atom. The molecule has 0 bridgehead atoms. The van der Waals surface area contributed by atoms with Gasteiger partial charge in [-0.15, -0.1) is 0 Å². The maximum atomic E-state index is 12.9. The van der Waals surface area contributed by atoms with E-state index in [1.165, 1.54) is 353 Å². The number of carbonyl (C=O) groups excluding carboxylic acids is 2. The molecular formula is C83H161NO8P+. The molecule has 0 radical (unpaired) electrons. The van der Waals surface area contributed by atoms with Crippen molar-refractivity contribution < 1.29 is 42.1 Å². The lowest BCUT2D eigenvalue weighted by molar-refractivity contribution is -0.870. The van der Waals surface area contributed by atoms with Crippen molar-refractivity contribution in [2.24, 2.45) is 0 Å². The summed E-state index contributed by atoms with van der Waals surface area (Å²) in [6, 6.07) is 0. The van der Waals surface area contributed by atoms with Gasteiger partial charge in [-0.25, -0.2) is 4.57 Å². The summed E-state index contributed by atoms with van der Waals surface area (Å²) >= 11 is 0. The Hall–Kier alpha value is -1.77. The normalized spacial score (nSPS) is 13.1. The molecular weight excluding hydrogens is 1170 g/mol. The van der Waals surface area contributed by atoms with Crippen molar-refractivity contribution >= 4 is 19.8 Å². The van der Waals surface area contributed by atoms with Crippen LogP contribution in [0, 0.1) is 0 Å². The van der Waals surface area contributed by atoms with Gasteiger partial charge in [0.1, 0.15) is 19.8 Å². The average Bonchev–Trinajstić information content (AvgIpc) is 2.61. The van der Waals surface area contributed by atoms with Crippen LogP contribution in [0.3, 0.4) is 0 Å². The number of likely N-dealkylation sites (N-methyl/N-ethyl adjacent to an activating group) is 1. The SMILES string of the molecule is CCCCCCC/C=C\C/C=C\C/C=C\CCCCCCCCCCCCCCCCC(=O)OC(COC(=O)CCCCCCCCCCCCCCCCCCCCCCCCCCCCCCCCCCCCCCCCCC)COP(=O)(O)OCC[N+](C)(C)C. The van der Waals surface area contributed by atoms with Gasteiger partial charge in [-0.2, -0.15) is 0 Å². The van der Waals surface area contributed by atoms with Gasteiger partial charge < -0.3 is 18.9 Å². The minimum atomic E-state index is -4.39. The Morgan fingerprint density at radius 3 is 0.860 bits per heavy atom. The molecule has 1 N–H and O–H groups in total. The van der Waals surface area contributed by atoms with Crippen LogP contribution in [-0.2, 0) is 32.7 Å². The van der Waals surface area contributed by atoms with E-state index in [4.69, 9.17) is 18.5 Å². The van der Waals surface area contributed by atoms with E-state index in [-0.39, 0.29) is 25.6 Å². The minimum Gasteiger partial charge on any atom is -0.462 e. The molecule has 0 aromatic rings. The predicted octanol–water partition coefficient (Wildman–Crippen LogP) is 27.3. The van der Waals surface area contributed by atoms with Crippen LogP contribution in [0.5, 0.6) is 0 Å². The molecule has 0 rings (SSSR count). The first-order chi connectivity index (χ1) is 45.5. The van der Waals surface area contributed by atoms with Crippen LogP contribution in [0.25, 0.3) is 0 Å². The van der Waals surface area contributed by atoms with E-state index in [0.717, 1.165) is 44.9 Å². The van der Waals surface area contributed by atoms with Crippen LogP contribution in [0.1, 0.15) is 431 Å². The molecule has 0 aromatic carbocycles. The summed E-state index contributed by atoms with van der Waals surface area (Å²) in [7, 11) is 1.50. The van der Waals surface area contributed by atoms with Crippen molar-refractivity contribution in [3.05, 3.63) is 36.5 Å². The fourth-order valence-corrected chi connectivity index (χ4v) is 13.4. The second-order valence-corrected chi connectivity index (χ2v) is 31.0. The quantitative estimate of drug-likeness (QED) is 0.0211. The van der Waals surface area contributed by atoms with Crippen molar-refractivity contribution in [1.82, 2.24) is 0 Å². The van der Waals surface area contributed by atoms with Crippen LogP contribution in [0.15, 0.2) is 36.5 Å². The monoisotopic (exact) mass is 1330 g/mol. The maximum absolute atomic E-state index is 12.9. The highest BCUT2D eigenvalue weighted by Crippen LogP contribution is 2.43. The second-order valence-electron chi connectivity index (χ2n) is 29.5. The number of rotatable bonds is 78. The Morgan fingerprint density at radius 1 is 0.333 bits per heavy atom. The number of ether oxygens (including phenoxy) is 2. The standard InChI is InChI=1S/C83H160NO8P/c1-6-8-10-12-14-16-18-20-22-24-26-28-30-32-34-36-37-38-39-40-41-42-43-44-45-46-48-49-51-53-55-57-59-61-63-65-67-69-71-73-75-82(85)89-79-81(80-91-93(87,88)90-78-77-84(3,4)5)92-83(86)76-74-72-70-68-66-64-62-60-58-56-54-52-50-47-35-33-31-29-27-25-23-21-19-17-15-13-11-9-7-2/h19,21,25,27,31,33,81H,6-18,20,22-24,26,28-30,32,34-80H2,1-5H3/p+1/b21-19-,27-25-,33-31-. The number of unbranched alkanes of at least 4 members (excludes halogenated alkanes) is 58. The van der Waals surface area contributed by atoms with Crippen LogP contribution in [-0.4, -0.2) is 74.9 Å². The van der Waals surface area contributed by atoms with Gasteiger partial charge in [0.05, 0.1) is 27.7 Å². The lowest BCUT2D eigenvalue weighted by Gasteiger charge is -2.24. The van der Waals surface area contributed by atoms with E-state index >= 15 is 0 Å². The summed E-state index contributed by atoms with van der Waals surface area (Å²) in [6.45, 7) is 4.50. The molecule has 0 saturated heterocycles. The molecule has 0 aromatic heterocycles. The van der Waals surface area contributed by atoms with E-state index in [1.807, 2.05) is 21.1 Å². The molecule has 0 spiro atoms. The highest BCUT2D eigenvalue weighted by atomic mass is 31.2. The number of hydrogen-bond acceptors (Lipinski definition) is 7. The summed E-state index contributed by atoms with van der Waals surface area (Å²) in [5.41, 5.74) is 0. The van der Waals surface area contributed by atoms with Gasteiger partial charge in [0.15, 0.2) is 6.10 Å². The first-order valence-corrected chi connectivity index (χ1v) is 42.7. The smallest absolute Gasteiger partial charge is 0.462 e. The largest absolute Gasteiger partial charge is 0.472 e. The number of phosphoric acid groups is 1. The van der Waals surface area contributed by atoms with E-state index in [0.29, 0.717) is 23.9 Å². The zero-order valence-corrected chi connectivity index (χ0v) is 63.9. The number of allylic oxidation sites excluding steroid dienone is 6. The molecule has 93 heavy (non-hydrogen) atoms. The van der Waals surface area contributed by atoms with Crippen molar-refractivity contribution in [1.29, 1.82) is 0 Å². The molecule has 0 heterocycles. The number of phosphoric ester groups is 1. The third-order valence-electron chi connectivity index (χ3n) is 18.9. The molecule has 550 valence electrons. The molecule has 9 nitrogen and oxygen atoms in total. The number of quaternary nitrogens is 1. The molecule has 0 aliphatic carbocycles. The summed E-state index contributed by atoms with van der Waals surface area (Å²) in [5, 5.41) is 0. The second kappa shape index (κ2) is 74.5. The molecule has 0 aliphatic heterocycles. The molecule has 2 unspecified atom stereocenters. The molecule has 0 aliphatic rings. The van der Waals surface area contributed by atoms with Gasteiger partial charge in [-0.1, -0.05) is 403 Å². The van der Waals surface area contributed by atoms with E-state index < -0.39 is 26.5 Å². The molecule has 0 saturated carbocycles. The third-order valence-corrected chi connectivity index (χ3v) is 19.9. The minimum absolute atomic E-state index is 0.0341. The van der Waals surface area contributed by atoms with Crippen LogP contribution >= 0.6 is 7.82 Å². The highest BCUT2D eigenvalue weighted by molar-refractivity contribution is 7.47. The first-order valence-electron chi connectivity index (χ1n) is 41.2. The average molecular weight is 1330 g/mol. The molecule has 2 atom stereocenters. The van der Waals surface area contributed by atoms with Gasteiger partial charge in [0.25, 0.3) is 0 Å². The Labute approximate surface area is 580 Å². The van der Waals surface area contributed by atoms with Crippen molar-refractivity contribution in [2.75, 3.05) is 47.5 Å². The highest BCUT2D eigenvalue weighted by Gasteiger charge is 2.27. The van der Waals surface area contributed by atoms with E-state index in [2.05, 4.69) is 50.3 Å². The zero-order valence-electron chi connectivity index (χ0n) is 63.0. The van der Waals surface area contributed by atoms with Crippen molar-refractivity contribution in [3.8, 4) is 0 Å². The molecule has 10 heteroatoms. The lowest BCUT2D eigenvalue weighted by atomic mass is 10.0. The van der Waals surface area contributed by atoms with Gasteiger partial charge in [-0.05, 0) is 51.4 Å². The summed E-state index contributed by atoms with van der Waals surface area (Å²) in [5.74, 6) is -0.775. The fourth-order valence-electron chi connectivity index (χ4n) is 12.6. The van der Waals surface area contributed by atoms with Crippen molar-refractivity contribution in [3.63, 3.8) is 0 Å². The predicted molar refractivity (Wildman–Crippen MR) is 404 cm³/mol. The van der Waals surface area contributed by atoms with Crippen LogP contribution < -0.4 is 0 Å². The summed E-state index contributed by atoms with van der Waals surface area (Å²) < 4.78 is 34.8. The van der Waals surface area contributed by atoms with E-state index in [9.17, 15) is 19.0 Å². The van der Waals surface area contributed by atoms with E-state index in [1.54, 1.807) is 0 Å². The van der Waals surface area contributed by atoms with Gasteiger partial charge in [-0.3, -0.25) is 18.6 Å². The number of nitrogens with zero attached hydrogens (tertiary/aromatic N) is 1. The van der Waals surface area contributed by atoms with Gasteiger partial charge in [0, 0.05) is 12.8 Å². The Bertz CT molecular complexity index is 1660. The summed E-state index contributed by atoms with van der Waals surface area (Å²) in [4.78, 5) is 36.0. The first kappa shape index (κ1) is 91.2. The lowest BCUT2D eigenvalue weighted by Crippen LogP contribution is -2.37. The Balaban J connectivity index is 3.87. The van der Waals surface area contributed by atoms with Crippen LogP contribution in [0.4, 0.5) is 0 Å². The maximum Gasteiger partial charge on any atom is 0.472 e. The number of carbonyl (C=O) groups is 2.